The molecular weight excluding hydrogens is 410 g/mol. The first-order valence-corrected chi connectivity index (χ1v) is 10.9. The van der Waals surface area contributed by atoms with E-state index in [4.69, 9.17) is 9.26 Å². The summed E-state index contributed by atoms with van der Waals surface area (Å²) in [5, 5.41) is 22.9. The molecule has 3 N–H and O–H groups in total. The van der Waals surface area contributed by atoms with Gasteiger partial charge in [0, 0.05) is 30.0 Å². The number of nitrogens with one attached hydrogen (secondary N) is 2. The van der Waals surface area contributed by atoms with Gasteiger partial charge < -0.3 is 25.0 Å². The SMILES string of the molecule is C=C(CNC[C@@H](O)COc1cccc(-c2noc3ccsc23)c1)Nc1ccccc1C. The minimum Gasteiger partial charge on any atom is -0.491 e. The number of aliphatic hydroxyl groups excluding tert-OH is 1. The molecule has 4 rings (SSSR count). The lowest BCUT2D eigenvalue weighted by atomic mass is 10.1. The zero-order valence-electron chi connectivity index (χ0n) is 17.3. The number of rotatable bonds is 10. The molecule has 0 radical (unpaired) electrons. The lowest BCUT2D eigenvalue weighted by molar-refractivity contribution is 0.107. The third-order valence-corrected chi connectivity index (χ3v) is 5.71. The number of ether oxygens (including phenoxy) is 1. The molecule has 0 spiro atoms. The van der Waals surface area contributed by atoms with Crippen molar-refractivity contribution in [1.82, 2.24) is 10.5 Å². The van der Waals surface area contributed by atoms with Crippen LogP contribution in [0, 0.1) is 6.92 Å². The van der Waals surface area contributed by atoms with E-state index < -0.39 is 6.10 Å². The molecule has 0 aliphatic carbocycles. The Hall–Kier alpha value is -3.13. The fourth-order valence-corrected chi connectivity index (χ4v) is 4.00. The van der Waals surface area contributed by atoms with Crippen molar-refractivity contribution >= 4 is 27.3 Å². The van der Waals surface area contributed by atoms with Crippen LogP contribution in [-0.4, -0.2) is 36.1 Å². The number of anilines is 1. The lowest BCUT2D eigenvalue weighted by Crippen LogP contribution is -2.33. The second kappa shape index (κ2) is 9.78. The molecule has 31 heavy (non-hydrogen) atoms. The van der Waals surface area contributed by atoms with Crippen LogP contribution in [-0.2, 0) is 0 Å². The first kappa shape index (κ1) is 21.1. The van der Waals surface area contributed by atoms with Crippen LogP contribution in [0.3, 0.4) is 0 Å². The van der Waals surface area contributed by atoms with Crippen molar-refractivity contribution in [2.75, 3.05) is 25.0 Å². The average molecular weight is 436 g/mol. The second-order valence-electron chi connectivity index (χ2n) is 7.31. The molecule has 0 amide bonds. The quantitative estimate of drug-likeness (QED) is 0.331. The highest BCUT2D eigenvalue weighted by Gasteiger charge is 2.13. The summed E-state index contributed by atoms with van der Waals surface area (Å²) in [5.41, 5.74) is 5.53. The van der Waals surface area contributed by atoms with Gasteiger partial charge in [0.05, 0.1) is 0 Å². The summed E-state index contributed by atoms with van der Waals surface area (Å²) >= 11 is 1.59. The van der Waals surface area contributed by atoms with Crippen LogP contribution in [0.15, 0.2) is 76.8 Å². The van der Waals surface area contributed by atoms with Crippen molar-refractivity contribution < 1.29 is 14.4 Å². The van der Waals surface area contributed by atoms with Crippen LogP contribution >= 0.6 is 11.3 Å². The summed E-state index contributed by atoms with van der Waals surface area (Å²) in [7, 11) is 0. The molecule has 0 aliphatic heterocycles. The van der Waals surface area contributed by atoms with Gasteiger partial charge in [-0.1, -0.05) is 42.1 Å². The Balaban J connectivity index is 1.24. The molecule has 0 bridgehead atoms. The number of para-hydroxylation sites is 1. The zero-order chi connectivity index (χ0) is 21.6. The second-order valence-corrected chi connectivity index (χ2v) is 8.23. The average Bonchev–Trinajstić information content (AvgIpc) is 3.38. The summed E-state index contributed by atoms with van der Waals surface area (Å²) in [4.78, 5) is 0. The van der Waals surface area contributed by atoms with Crippen LogP contribution in [0.25, 0.3) is 21.5 Å². The van der Waals surface area contributed by atoms with Crippen LogP contribution in [0.2, 0.25) is 0 Å². The number of aryl methyl sites for hydroxylation is 1. The maximum atomic E-state index is 10.3. The molecule has 0 saturated carbocycles. The topological polar surface area (TPSA) is 79.5 Å². The molecular formula is C24H25N3O3S. The first-order valence-electron chi connectivity index (χ1n) is 10.1. The van der Waals surface area contributed by atoms with Gasteiger partial charge in [-0.3, -0.25) is 0 Å². The molecule has 2 heterocycles. The molecule has 0 saturated heterocycles. The minimum absolute atomic E-state index is 0.182. The largest absolute Gasteiger partial charge is 0.491 e. The van der Waals surface area contributed by atoms with E-state index in [1.54, 1.807) is 11.3 Å². The smallest absolute Gasteiger partial charge is 0.178 e. The lowest BCUT2D eigenvalue weighted by Gasteiger charge is -2.16. The summed E-state index contributed by atoms with van der Waals surface area (Å²) in [6.45, 7) is 7.20. The van der Waals surface area contributed by atoms with Crippen molar-refractivity contribution in [3.63, 3.8) is 0 Å². The van der Waals surface area contributed by atoms with Crippen molar-refractivity contribution in [3.8, 4) is 17.0 Å². The van der Waals surface area contributed by atoms with E-state index in [2.05, 4.69) is 22.4 Å². The number of aliphatic hydroxyl groups is 1. The molecule has 7 heteroatoms. The van der Waals surface area contributed by atoms with Gasteiger partial charge >= 0.3 is 0 Å². The van der Waals surface area contributed by atoms with E-state index in [1.807, 2.05) is 66.9 Å². The highest BCUT2D eigenvalue weighted by Crippen LogP contribution is 2.33. The van der Waals surface area contributed by atoms with E-state index in [0.29, 0.717) is 18.8 Å². The molecule has 160 valence electrons. The maximum Gasteiger partial charge on any atom is 0.178 e. The van der Waals surface area contributed by atoms with Crippen molar-refractivity contribution in [2.24, 2.45) is 0 Å². The summed E-state index contributed by atoms with van der Waals surface area (Å²) in [5.74, 6) is 0.676. The Kier molecular flexibility index (Phi) is 6.66. The zero-order valence-corrected chi connectivity index (χ0v) is 18.1. The Labute approximate surface area is 185 Å². The number of hydrogen-bond donors (Lipinski definition) is 3. The van der Waals surface area contributed by atoms with E-state index in [1.165, 1.54) is 0 Å². The minimum atomic E-state index is -0.647. The van der Waals surface area contributed by atoms with Gasteiger partial charge in [0.2, 0.25) is 0 Å². The third-order valence-electron chi connectivity index (χ3n) is 4.80. The number of fused-ring (bicyclic) bond motifs is 1. The molecule has 0 aliphatic rings. The predicted octanol–water partition coefficient (Wildman–Crippen LogP) is 4.82. The summed E-state index contributed by atoms with van der Waals surface area (Å²) in [6, 6.07) is 17.6. The standard InChI is InChI=1S/C24H25N3O3S/c1-16-6-3-4-9-21(16)26-17(2)13-25-14-19(28)15-29-20-8-5-7-18(12-20)23-24-22(30-27-23)10-11-31-24/h3-12,19,25-26,28H,2,13-15H2,1H3/t19-/m1/s1. The van der Waals surface area contributed by atoms with Gasteiger partial charge in [0.1, 0.15) is 28.9 Å². The van der Waals surface area contributed by atoms with Crippen LogP contribution in [0.5, 0.6) is 5.75 Å². The Bertz CT molecular complexity index is 1170. The summed E-state index contributed by atoms with van der Waals surface area (Å²) < 4.78 is 12.1. The highest BCUT2D eigenvalue weighted by atomic mass is 32.1. The number of nitrogens with zero attached hydrogens (tertiary/aromatic N) is 1. The first-order chi connectivity index (χ1) is 15.1. The number of hydrogen-bond acceptors (Lipinski definition) is 7. The van der Waals surface area contributed by atoms with Crippen molar-refractivity contribution in [1.29, 1.82) is 0 Å². The number of thiophene rings is 1. The van der Waals surface area contributed by atoms with Gasteiger partial charge in [-0.05, 0) is 42.1 Å². The normalized spacial score (nSPS) is 12.1. The van der Waals surface area contributed by atoms with Gasteiger partial charge in [0.25, 0.3) is 0 Å². The van der Waals surface area contributed by atoms with E-state index in [0.717, 1.165) is 38.5 Å². The molecule has 4 aromatic rings. The Morgan fingerprint density at radius 1 is 1.23 bits per heavy atom. The number of aromatic nitrogens is 1. The molecule has 6 nitrogen and oxygen atoms in total. The third kappa shape index (κ3) is 5.32. The Morgan fingerprint density at radius 2 is 2.10 bits per heavy atom. The maximum absolute atomic E-state index is 10.3. The fourth-order valence-electron chi connectivity index (χ4n) is 3.18. The van der Waals surface area contributed by atoms with Crippen molar-refractivity contribution in [3.05, 3.63) is 77.8 Å². The molecule has 0 fully saturated rings. The van der Waals surface area contributed by atoms with E-state index in [-0.39, 0.29) is 6.61 Å². The number of benzene rings is 2. The van der Waals surface area contributed by atoms with Crippen LogP contribution in [0.4, 0.5) is 5.69 Å². The molecule has 0 unspecified atom stereocenters. The van der Waals surface area contributed by atoms with E-state index >= 15 is 0 Å². The predicted molar refractivity (Wildman–Crippen MR) is 126 cm³/mol. The van der Waals surface area contributed by atoms with E-state index in [9.17, 15) is 5.11 Å². The van der Waals surface area contributed by atoms with Gasteiger partial charge in [-0.15, -0.1) is 11.3 Å². The monoisotopic (exact) mass is 435 g/mol. The van der Waals surface area contributed by atoms with Crippen molar-refractivity contribution in [2.45, 2.75) is 13.0 Å². The van der Waals surface area contributed by atoms with Gasteiger partial charge in [0.15, 0.2) is 5.58 Å². The summed E-state index contributed by atoms with van der Waals surface area (Å²) in [6.07, 6.45) is -0.647. The highest BCUT2D eigenvalue weighted by molar-refractivity contribution is 7.17. The molecule has 2 aromatic carbocycles. The van der Waals surface area contributed by atoms with Gasteiger partial charge in [-0.2, -0.15) is 0 Å². The molecule has 1 atom stereocenters. The van der Waals surface area contributed by atoms with Crippen LogP contribution in [0.1, 0.15) is 5.56 Å². The molecule has 2 aromatic heterocycles. The van der Waals surface area contributed by atoms with Gasteiger partial charge in [-0.25, -0.2) is 0 Å². The fraction of sp³-hybridized carbons (Fsp3) is 0.208. The Morgan fingerprint density at radius 3 is 2.97 bits per heavy atom. The van der Waals surface area contributed by atoms with Crippen LogP contribution < -0.4 is 15.4 Å².